The third-order valence-electron chi connectivity index (χ3n) is 3.38. The van der Waals surface area contributed by atoms with Crippen LogP contribution in [0.3, 0.4) is 0 Å². The number of nitrogen functional groups attached to an aromatic ring is 1. The number of benzene rings is 1. The molecule has 1 aliphatic heterocycles. The number of nitrogens with zero attached hydrogens (tertiary/aromatic N) is 2. The standard InChI is InChI=1S/C17H17N3/c1-20-7-3-5-14(12-20)16-8-15(9-17(18)10-16)13-4-2-6-19-11-13/h2-11H,12,18H2,1H3. The number of pyridine rings is 1. The van der Waals surface area contributed by atoms with E-state index in [-0.39, 0.29) is 0 Å². The Morgan fingerprint density at radius 1 is 1.15 bits per heavy atom. The summed E-state index contributed by atoms with van der Waals surface area (Å²) in [6, 6.07) is 10.2. The number of likely N-dealkylation sites (N-methyl/N-ethyl adjacent to an activating group) is 1. The SMILES string of the molecule is CN1C=CC=C(c2cc(N)cc(-c3cccnc3)c2)C1. The number of anilines is 1. The Morgan fingerprint density at radius 3 is 2.75 bits per heavy atom. The zero-order chi connectivity index (χ0) is 13.9. The van der Waals surface area contributed by atoms with Crippen LogP contribution in [0.15, 0.2) is 61.1 Å². The molecule has 0 radical (unpaired) electrons. The van der Waals surface area contributed by atoms with Crippen LogP contribution in [0, 0.1) is 0 Å². The van der Waals surface area contributed by atoms with Gasteiger partial charge in [0.25, 0.3) is 0 Å². The fourth-order valence-corrected chi connectivity index (χ4v) is 2.40. The average molecular weight is 263 g/mol. The van der Waals surface area contributed by atoms with Gasteiger partial charge in [0.05, 0.1) is 0 Å². The van der Waals surface area contributed by atoms with Gasteiger partial charge >= 0.3 is 0 Å². The van der Waals surface area contributed by atoms with Crippen LogP contribution in [-0.2, 0) is 0 Å². The van der Waals surface area contributed by atoms with Crippen LogP contribution < -0.4 is 5.73 Å². The van der Waals surface area contributed by atoms with Crippen molar-refractivity contribution in [2.75, 3.05) is 19.3 Å². The van der Waals surface area contributed by atoms with E-state index in [1.807, 2.05) is 30.5 Å². The Balaban J connectivity index is 2.04. The van der Waals surface area contributed by atoms with Crippen molar-refractivity contribution < 1.29 is 0 Å². The van der Waals surface area contributed by atoms with Crippen LogP contribution in [0.1, 0.15) is 5.56 Å². The summed E-state index contributed by atoms with van der Waals surface area (Å²) in [6.07, 6.45) is 9.91. The highest BCUT2D eigenvalue weighted by Gasteiger charge is 2.09. The summed E-state index contributed by atoms with van der Waals surface area (Å²) in [4.78, 5) is 6.33. The summed E-state index contributed by atoms with van der Waals surface area (Å²) in [7, 11) is 2.07. The summed E-state index contributed by atoms with van der Waals surface area (Å²) in [5.41, 5.74) is 11.5. The Bertz CT molecular complexity index is 672. The van der Waals surface area contributed by atoms with Crippen molar-refractivity contribution in [3.63, 3.8) is 0 Å². The van der Waals surface area contributed by atoms with E-state index in [2.05, 4.69) is 41.3 Å². The molecule has 0 fully saturated rings. The van der Waals surface area contributed by atoms with E-state index >= 15 is 0 Å². The smallest absolute Gasteiger partial charge is 0.0426 e. The van der Waals surface area contributed by atoms with E-state index in [0.29, 0.717) is 0 Å². The third kappa shape index (κ3) is 2.57. The van der Waals surface area contributed by atoms with Crippen molar-refractivity contribution >= 4 is 11.3 Å². The second kappa shape index (κ2) is 5.21. The Morgan fingerprint density at radius 2 is 2.00 bits per heavy atom. The molecule has 3 nitrogen and oxygen atoms in total. The molecule has 0 amide bonds. The number of aromatic nitrogens is 1. The van der Waals surface area contributed by atoms with E-state index in [0.717, 1.165) is 23.4 Å². The highest BCUT2D eigenvalue weighted by Crippen LogP contribution is 2.27. The minimum Gasteiger partial charge on any atom is -0.399 e. The molecule has 0 atom stereocenters. The van der Waals surface area contributed by atoms with Gasteiger partial charge in [-0.25, -0.2) is 0 Å². The molecule has 3 rings (SSSR count). The Hall–Kier alpha value is -2.55. The molecule has 1 aromatic carbocycles. The lowest BCUT2D eigenvalue weighted by molar-refractivity contribution is 0.513. The second-order valence-electron chi connectivity index (χ2n) is 5.03. The zero-order valence-corrected chi connectivity index (χ0v) is 11.5. The van der Waals surface area contributed by atoms with E-state index in [9.17, 15) is 0 Å². The van der Waals surface area contributed by atoms with E-state index < -0.39 is 0 Å². The monoisotopic (exact) mass is 263 g/mol. The molecule has 0 aliphatic carbocycles. The van der Waals surface area contributed by atoms with Crippen molar-refractivity contribution in [2.45, 2.75) is 0 Å². The largest absolute Gasteiger partial charge is 0.399 e. The van der Waals surface area contributed by atoms with Gasteiger partial charge in [-0.15, -0.1) is 0 Å². The normalized spacial score (nSPS) is 14.2. The van der Waals surface area contributed by atoms with Gasteiger partial charge in [-0.05, 0) is 53.2 Å². The van der Waals surface area contributed by atoms with Gasteiger partial charge in [0.15, 0.2) is 0 Å². The molecule has 2 aromatic rings. The zero-order valence-electron chi connectivity index (χ0n) is 11.5. The van der Waals surface area contributed by atoms with Crippen molar-refractivity contribution in [2.24, 2.45) is 0 Å². The van der Waals surface area contributed by atoms with Gasteiger partial charge in [0.1, 0.15) is 0 Å². The molecular weight excluding hydrogens is 246 g/mol. The van der Waals surface area contributed by atoms with Crippen LogP contribution in [0.25, 0.3) is 16.7 Å². The van der Waals surface area contributed by atoms with Gasteiger partial charge in [-0.2, -0.15) is 0 Å². The minimum absolute atomic E-state index is 0.777. The Labute approximate surface area is 119 Å². The predicted molar refractivity (Wildman–Crippen MR) is 83.8 cm³/mol. The molecule has 0 bridgehead atoms. The van der Waals surface area contributed by atoms with Gasteiger partial charge in [0.2, 0.25) is 0 Å². The summed E-state index contributed by atoms with van der Waals surface area (Å²) in [5.74, 6) is 0. The first kappa shape index (κ1) is 12.5. The quantitative estimate of drug-likeness (QED) is 0.846. The van der Waals surface area contributed by atoms with Crippen LogP contribution in [-0.4, -0.2) is 23.5 Å². The van der Waals surface area contributed by atoms with Crippen LogP contribution in [0.5, 0.6) is 0 Å². The van der Waals surface area contributed by atoms with Gasteiger partial charge in [-0.3, -0.25) is 4.98 Å². The summed E-state index contributed by atoms with van der Waals surface area (Å²) in [5, 5.41) is 0. The third-order valence-corrected chi connectivity index (χ3v) is 3.38. The topological polar surface area (TPSA) is 42.1 Å². The summed E-state index contributed by atoms with van der Waals surface area (Å²) in [6.45, 7) is 0.895. The predicted octanol–water partition coefficient (Wildman–Crippen LogP) is 3.17. The van der Waals surface area contributed by atoms with Crippen molar-refractivity contribution in [1.29, 1.82) is 0 Å². The van der Waals surface area contributed by atoms with Gasteiger partial charge in [-0.1, -0.05) is 12.1 Å². The number of allylic oxidation sites excluding steroid dienone is 2. The molecule has 0 unspecified atom stereocenters. The molecular formula is C17H17N3. The first-order valence-corrected chi connectivity index (χ1v) is 6.61. The molecule has 1 aromatic heterocycles. The maximum absolute atomic E-state index is 6.06. The average Bonchev–Trinajstić information content (AvgIpc) is 2.47. The van der Waals surface area contributed by atoms with Crippen molar-refractivity contribution in [1.82, 2.24) is 9.88 Å². The van der Waals surface area contributed by atoms with Crippen molar-refractivity contribution in [3.05, 3.63) is 66.6 Å². The van der Waals surface area contributed by atoms with E-state index in [4.69, 9.17) is 5.73 Å². The summed E-state index contributed by atoms with van der Waals surface area (Å²) >= 11 is 0. The lowest BCUT2D eigenvalue weighted by atomic mass is 9.97. The number of hydrogen-bond acceptors (Lipinski definition) is 3. The van der Waals surface area contributed by atoms with Crippen molar-refractivity contribution in [3.8, 4) is 11.1 Å². The summed E-state index contributed by atoms with van der Waals surface area (Å²) < 4.78 is 0. The molecule has 3 heteroatoms. The van der Waals surface area contributed by atoms with Gasteiger partial charge < -0.3 is 10.6 Å². The lowest BCUT2D eigenvalue weighted by Gasteiger charge is -2.20. The minimum atomic E-state index is 0.777. The first-order valence-electron chi connectivity index (χ1n) is 6.61. The maximum atomic E-state index is 6.06. The Kier molecular flexibility index (Phi) is 3.25. The molecule has 0 saturated heterocycles. The molecule has 0 spiro atoms. The number of hydrogen-bond donors (Lipinski definition) is 1. The molecule has 0 saturated carbocycles. The van der Waals surface area contributed by atoms with Crippen LogP contribution >= 0.6 is 0 Å². The number of nitrogens with two attached hydrogens (primary N) is 1. The maximum Gasteiger partial charge on any atom is 0.0426 e. The van der Waals surface area contributed by atoms with E-state index in [1.54, 1.807) is 6.20 Å². The van der Waals surface area contributed by atoms with Crippen LogP contribution in [0.2, 0.25) is 0 Å². The second-order valence-corrected chi connectivity index (χ2v) is 5.03. The van der Waals surface area contributed by atoms with Gasteiger partial charge in [0, 0.05) is 37.2 Å². The van der Waals surface area contributed by atoms with E-state index in [1.165, 1.54) is 11.1 Å². The molecule has 20 heavy (non-hydrogen) atoms. The molecule has 2 N–H and O–H groups in total. The fraction of sp³-hybridized carbons (Fsp3) is 0.118. The van der Waals surface area contributed by atoms with Crippen LogP contribution in [0.4, 0.5) is 5.69 Å². The first-order chi connectivity index (χ1) is 9.72. The molecule has 1 aliphatic rings. The lowest BCUT2D eigenvalue weighted by Crippen LogP contribution is -2.16. The fourth-order valence-electron chi connectivity index (χ4n) is 2.40. The molecule has 2 heterocycles. The highest BCUT2D eigenvalue weighted by molar-refractivity contribution is 5.77. The number of rotatable bonds is 2. The molecule has 100 valence electrons. The highest BCUT2D eigenvalue weighted by atomic mass is 15.1.